The molecule has 4 aromatic rings. The van der Waals surface area contributed by atoms with E-state index in [0.29, 0.717) is 72.9 Å². The molecule has 1 aromatic heterocycles. The number of azide groups is 1. The normalized spacial score (nSPS) is 14.0. The summed E-state index contributed by atoms with van der Waals surface area (Å²) in [6.45, 7) is 6.72. The minimum atomic E-state index is -0.469. The second kappa shape index (κ2) is 18.0. The van der Waals surface area contributed by atoms with E-state index in [1.165, 1.54) is 7.11 Å². The summed E-state index contributed by atoms with van der Waals surface area (Å²) in [5.41, 5.74) is 12.5. The van der Waals surface area contributed by atoms with Crippen LogP contribution in [0.25, 0.3) is 21.3 Å². The number of nitrogens with zero attached hydrogens (tertiary/aromatic N) is 7. The summed E-state index contributed by atoms with van der Waals surface area (Å²) in [5.74, 6) is -0.537. The van der Waals surface area contributed by atoms with Crippen LogP contribution in [0.5, 0.6) is 5.88 Å². The van der Waals surface area contributed by atoms with Gasteiger partial charge in [0.15, 0.2) is 5.88 Å². The number of carbonyl (C=O) groups is 2. The molecule has 14 heteroatoms. The van der Waals surface area contributed by atoms with E-state index in [1.807, 2.05) is 54.6 Å². The summed E-state index contributed by atoms with van der Waals surface area (Å²) >= 11 is 0. The molecule has 1 fully saturated rings. The molecule has 0 spiro atoms. The summed E-state index contributed by atoms with van der Waals surface area (Å²) in [4.78, 5) is 42.1. The average molecular weight is 683 g/mol. The van der Waals surface area contributed by atoms with Crippen LogP contribution in [0.3, 0.4) is 0 Å². The maximum absolute atomic E-state index is 13.2. The van der Waals surface area contributed by atoms with Crippen molar-refractivity contribution in [2.75, 3.05) is 91.3 Å². The first kappa shape index (κ1) is 36.1. The van der Waals surface area contributed by atoms with Gasteiger partial charge in [-0.25, -0.2) is 9.79 Å². The number of ether oxygens (including phenoxy) is 3. The zero-order chi connectivity index (χ0) is 35.3. The van der Waals surface area contributed by atoms with E-state index in [0.717, 1.165) is 44.0 Å². The number of anilines is 1. The van der Waals surface area contributed by atoms with E-state index < -0.39 is 5.97 Å². The SMILES string of the molecule is COC(=O)c1ccc2c(C(=Nc3ccc(N(C)C(=O)CN4CCN(CCOCCOCCN=[N+]=[N-])CC4)cc3)c3ccccc3)c(O)[nH]c2c1. The van der Waals surface area contributed by atoms with Crippen molar-refractivity contribution in [3.05, 3.63) is 99.9 Å². The lowest BCUT2D eigenvalue weighted by Gasteiger charge is -2.34. The second-order valence-corrected chi connectivity index (χ2v) is 11.7. The maximum Gasteiger partial charge on any atom is 0.337 e. The lowest BCUT2D eigenvalue weighted by molar-refractivity contribution is -0.119. The van der Waals surface area contributed by atoms with Crippen LogP contribution >= 0.6 is 0 Å². The van der Waals surface area contributed by atoms with Crippen molar-refractivity contribution >= 4 is 39.9 Å². The van der Waals surface area contributed by atoms with Crippen molar-refractivity contribution in [2.24, 2.45) is 10.1 Å². The first-order valence-corrected chi connectivity index (χ1v) is 16.4. The number of likely N-dealkylation sites (N-methyl/N-ethyl adjacent to an activating group) is 1. The quantitative estimate of drug-likeness (QED) is 0.0426. The largest absolute Gasteiger partial charge is 0.494 e. The lowest BCUT2D eigenvalue weighted by atomic mass is 10.00. The Morgan fingerprint density at radius 2 is 1.62 bits per heavy atom. The third kappa shape index (κ3) is 9.47. The molecule has 1 amide bonds. The molecular weight excluding hydrogens is 640 g/mol. The van der Waals surface area contributed by atoms with Crippen LogP contribution in [0.2, 0.25) is 0 Å². The number of methoxy groups -OCH3 is 1. The summed E-state index contributed by atoms with van der Waals surface area (Å²) in [5, 5.41) is 15.2. The van der Waals surface area contributed by atoms with Gasteiger partial charge in [0.25, 0.3) is 0 Å². The van der Waals surface area contributed by atoms with E-state index in [-0.39, 0.29) is 11.8 Å². The van der Waals surface area contributed by atoms with Gasteiger partial charge < -0.3 is 29.2 Å². The number of carbonyl (C=O) groups excluding carboxylic acids is 2. The summed E-state index contributed by atoms with van der Waals surface area (Å²) in [6.07, 6.45) is 0. The number of hydrogen-bond donors (Lipinski definition) is 2. The topological polar surface area (TPSA) is 169 Å². The summed E-state index contributed by atoms with van der Waals surface area (Å²) in [7, 11) is 3.10. The van der Waals surface area contributed by atoms with Crippen LogP contribution in [0.1, 0.15) is 21.5 Å². The Hall–Kier alpha value is -5.24. The maximum atomic E-state index is 13.2. The number of aromatic nitrogens is 1. The highest BCUT2D eigenvalue weighted by atomic mass is 16.5. The molecule has 2 N–H and O–H groups in total. The molecule has 0 radical (unpaired) electrons. The van der Waals surface area contributed by atoms with Crippen molar-refractivity contribution in [3.8, 4) is 5.88 Å². The molecule has 0 unspecified atom stereocenters. The molecule has 3 aromatic carbocycles. The molecule has 1 aliphatic heterocycles. The van der Waals surface area contributed by atoms with Gasteiger partial charge in [0.05, 0.1) is 62.6 Å². The Morgan fingerprint density at radius 3 is 2.32 bits per heavy atom. The molecule has 5 rings (SSSR count). The minimum Gasteiger partial charge on any atom is -0.494 e. The number of piperazine rings is 1. The molecule has 1 aliphatic rings. The molecule has 14 nitrogen and oxygen atoms in total. The van der Waals surface area contributed by atoms with E-state index in [9.17, 15) is 14.7 Å². The van der Waals surface area contributed by atoms with Crippen molar-refractivity contribution in [2.45, 2.75) is 0 Å². The van der Waals surface area contributed by atoms with Crippen LogP contribution in [-0.2, 0) is 19.0 Å². The second-order valence-electron chi connectivity index (χ2n) is 11.7. The molecular formula is C36H42N8O6. The molecule has 0 atom stereocenters. The predicted molar refractivity (Wildman–Crippen MR) is 191 cm³/mol. The Balaban J connectivity index is 1.18. The average Bonchev–Trinajstić information content (AvgIpc) is 3.48. The first-order chi connectivity index (χ1) is 24.4. The van der Waals surface area contributed by atoms with E-state index in [4.69, 9.17) is 24.7 Å². The Bertz CT molecular complexity index is 1810. The van der Waals surface area contributed by atoms with Gasteiger partial charge in [0.1, 0.15) is 0 Å². The van der Waals surface area contributed by atoms with Crippen LogP contribution in [0, 0.1) is 0 Å². The third-order valence-electron chi connectivity index (χ3n) is 8.48. The zero-order valence-electron chi connectivity index (χ0n) is 28.3. The Labute approximate surface area is 290 Å². The number of fused-ring (bicyclic) bond motifs is 1. The smallest absolute Gasteiger partial charge is 0.337 e. The van der Waals surface area contributed by atoms with Gasteiger partial charge in [-0.2, -0.15) is 0 Å². The molecule has 0 bridgehead atoms. The number of amides is 1. The highest BCUT2D eigenvalue weighted by molar-refractivity contribution is 6.22. The van der Waals surface area contributed by atoms with E-state index >= 15 is 0 Å². The third-order valence-corrected chi connectivity index (χ3v) is 8.48. The van der Waals surface area contributed by atoms with E-state index in [2.05, 4.69) is 24.8 Å². The van der Waals surface area contributed by atoms with Gasteiger partial charge in [-0.1, -0.05) is 41.5 Å². The number of rotatable bonds is 16. The predicted octanol–water partition coefficient (Wildman–Crippen LogP) is 4.75. The fraction of sp³-hybridized carbons (Fsp3) is 0.361. The van der Waals surface area contributed by atoms with Crippen LogP contribution in [-0.4, -0.2) is 124 Å². The first-order valence-electron chi connectivity index (χ1n) is 16.4. The zero-order valence-corrected chi connectivity index (χ0v) is 28.3. The monoisotopic (exact) mass is 682 g/mol. The van der Waals surface area contributed by atoms with Crippen molar-refractivity contribution in [3.63, 3.8) is 0 Å². The highest BCUT2D eigenvalue weighted by Gasteiger charge is 2.22. The molecule has 0 saturated carbocycles. The van der Waals surface area contributed by atoms with Gasteiger partial charge in [0.2, 0.25) is 5.91 Å². The Kier molecular flexibility index (Phi) is 12.9. The lowest BCUT2D eigenvalue weighted by Crippen LogP contribution is -2.50. The fourth-order valence-corrected chi connectivity index (χ4v) is 5.69. The number of nitrogens with one attached hydrogen (secondary N) is 1. The van der Waals surface area contributed by atoms with E-state index in [1.54, 1.807) is 30.1 Å². The van der Waals surface area contributed by atoms with Crippen LogP contribution in [0.4, 0.5) is 11.4 Å². The van der Waals surface area contributed by atoms with Gasteiger partial charge in [0, 0.05) is 73.4 Å². The molecule has 262 valence electrons. The van der Waals surface area contributed by atoms with Gasteiger partial charge >= 0.3 is 5.97 Å². The number of aromatic amines is 1. The summed E-state index contributed by atoms with van der Waals surface area (Å²) in [6, 6.07) is 22.0. The fourth-order valence-electron chi connectivity index (χ4n) is 5.69. The molecule has 2 heterocycles. The standard InChI is InChI=1S/C36H42N8O6/c1-42(32(45)25-44-17-15-43(16-18-44)19-21-50-23-22-49-20-14-38-41-37)29-11-9-28(10-12-29)39-34(26-6-4-3-5-7-26)33-30-13-8-27(36(47)48-2)24-31(30)40-35(33)46/h3-13,24,40,46H,14-23,25H2,1-2H3. The molecule has 50 heavy (non-hydrogen) atoms. The number of esters is 1. The van der Waals surface area contributed by atoms with Gasteiger partial charge in [-0.05, 0) is 41.9 Å². The minimum absolute atomic E-state index is 0.00138. The van der Waals surface area contributed by atoms with Crippen LogP contribution < -0.4 is 4.90 Å². The van der Waals surface area contributed by atoms with Crippen molar-refractivity contribution < 1.29 is 28.9 Å². The molecule has 0 aliphatic carbocycles. The number of hydrogen-bond acceptors (Lipinski definition) is 10. The van der Waals surface area contributed by atoms with Crippen molar-refractivity contribution in [1.82, 2.24) is 14.8 Å². The summed E-state index contributed by atoms with van der Waals surface area (Å²) < 4.78 is 15.8. The number of aliphatic imine (C=N–C) groups is 1. The number of H-pyrrole nitrogens is 1. The number of aromatic hydroxyl groups is 1. The highest BCUT2D eigenvalue weighted by Crippen LogP contribution is 2.32. The van der Waals surface area contributed by atoms with Crippen molar-refractivity contribution in [1.29, 1.82) is 0 Å². The van der Waals surface area contributed by atoms with Crippen LogP contribution in [0.15, 0.2) is 82.9 Å². The Morgan fingerprint density at radius 1 is 0.920 bits per heavy atom. The number of benzene rings is 3. The van der Waals surface area contributed by atoms with Gasteiger partial charge in [-0.15, -0.1) is 0 Å². The molecule has 1 saturated heterocycles. The van der Waals surface area contributed by atoms with Gasteiger partial charge in [-0.3, -0.25) is 14.6 Å².